The molecular formula is C19H29N7O3S. The van der Waals surface area contributed by atoms with Crippen LogP contribution in [0.3, 0.4) is 0 Å². The van der Waals surface area contributed by atoms with Crippen molar-refractivity contribution in [2.75, 3.05) is 43.3 Å². The summed E-state index contributed by atoms with van der Waals surface area (Å²) in [6, 6.07) is 3.79. The fourth-order valence-electron chi connectivity index (χ4n) is 3.45. The first kappa shape index (κ1) is 22.0. The van der Waals surface area contributed by atoms with Crippen LogP contribution in [0.2, 0.25) is 0 Å². The summed E-state index contributed by atoms with van der Waals surface area (Å²) in [6.07, 6.45) is 6.59. The lowest BCUT2D eigenvalue weighted by Crippen LogP contribution is -2.33. The molecule has 0 amide bonds. The number of nitrogens with zero attached hydrogens (tertiary/aromatic N) is 4. The van der Waals surface area contributed by atoms with Gasteiger partial charge in [-0.1, -0.05) is 0 Å². The summed E-state index contributed by atoms with van der Waals surface area (Å²) in [5, 5.41) is 6.48. The van der Waals surface area contributed by atoms with E-state index in [0.717, 1.165) is 25.7 Å². The van der Waals surface area contributed by atoms with Crippen molar-refractivity contribution in [1.82, 2.24) is 19.3 Å². The number of sulfonamides is 1. The van der Waals surface area contributed by atoms with Gasteiger partial charge >= 0.3 is 0 Å². The maximum absolute atomic E-state index is 12.1. The van der Waals surface area contributed by atoms with Crippen LogP contribution in [0, 0.1) is 5.92 Å². The third-order valence-electron chi connectivity index (χ3n) is 5.22. The van der Waals surface area contributed by atoms with Gasteiger partial charge in [0.2, 0.25) is 21.9 Å². The molecule has 30 heavy (non-hydrogen) atoms. The van der Waals surface area contributed by atoms with Gasteiger partial charge in [-0.2, -0.15) is 4.98 Å². The lowest BCUT2D eigenvalue weighted by Gasteiger charge is -2.30. The van der Waals surface area contributed by atoms with E-state index in [-0.39, 0.29) is 17.7 Å². The van der Waals surface area contributed by atoms with E-state index in [1.807, 2.05) is 6.07 Å². The van der Waals surface area contributed by atoms with Crippen LogP contribution in [-0.2, 0) is 10.0 Å². The number of methoxy groups -OCH3 is 1. The van der Waals surface area contributed by atoms with E-state index in [9.17, 15) is 8.42 Å². The Hall–Kier alpha value is -2.66. The molecule has 3 rings (SSSR count). The van der Waals surface area contributed by atoms with Gasteiger partial charge in [0.05, 0.1) is 24.7 Å². The molecule has 2 aromatic heterocycles. The number of nitrogen functional groups attached to an aromatic ring is 1. The van der Waals surface area contributed by atoms with Crippen molar-refractivity contribution in [3.8, 4) is 5.88 Å². The van der Waals surface area contributed by atoms with E-state index in [0.29, 0.717) is 29.0 Å². The number of pyridine rings is 1. The normalized spacial score (nSPS) is 19.5. The van der Waals surface area contributed by atoms with Crippen LogP contribution in [0.1, 0.15) is 25.7 Å². The Morgan fingerprint density at radius 3 is 2.63 bits per heavy atom. The van der Waals surface area contributed by atoms with Gasteiger partial charge in [0.25, 0.3) is 0 Å². The van der Waals surface area contributed by atoms with Crippen LogP contribution in [0.4, 0.5) is 23.1 Å². The highest BCUT2D eigenvalue weighted by atomic mass is 32.2. The molecule has 164 valence electrons. The highest BCUT2D eigenvalue weighted by Crippen LogP contribution is 2.30. The minimum atomic E-state index is -3.17. The highest BCUT2D eigenvalue weighted by Gasteiger charge is 2.27. The number of hydrogen-bond donors (Lipinski definition) is 3. The number of rotatable bonds is 8. The average molecular weight is 436 g/mol. The van der Waals surface area contributed by atoms with Gasteiger partial charge < -0.3 is 21.1 Å². The zero-order valence-corrected chi connectivity index (χ0v) is 18.3. The smallest absolute Gasteiger partial charge is 0.237 e. The van der Waals surface area contributed by atoms with Gasteiger partial charge in [-0.15, -0.1) is 0 Å². The zero-order valence-electron chi connectivity index (χ0n) is 17.5. The predicted molar refractivity (Wildman–Crippen MR) is 117 cm³/mol. The summed E-state index contributed by atoms with van der Waals surface area (Å²) < 4.78 is 30.7. The summed E-state index contributed by atoms with van der Waals surface area (Å²) >= 11 is 0. The molecule has 1 fully saturated rings. The van der Waals surface area contributed by atoms with Crippen molar-refractivity contribution >= 4 is 33.2 Å². The molecule has 0 bridgehead atoms. The maximum atomic E-state index is 12.1. The van der Waals surface area contributed by atoms with Gasteiger partial charge in [-0.25, -0.2) is 22.7 Å². The Morgan fingerprint density at radius 2 is 1.97 bits per heavy atom. The largest absolute Gasteiger partial charge is 0.480 e. The van der Waals surface area contributed by atoms with Gasteiger partial charge in [-0.05, 0) is 43.7 Å². The molecule has 2 heterocycles. The minimum absolute atomic E-state index is 0.175. The standard InChI is InChI=1S/C19H29N7O3S/c1-26(2)30(27,28)12-13-6-8-14(9-7-13)23-17-15(20)11-22-19(25-17)24-16-5-4-10-21-18(16)29-3/h4-5,10-11,13-14H,6-9,12,20H2,1-3H3,(H2,22,23,24,25). The molecule has 0 atom stereocenters. The molecule has 0 aliphatic heterocycles. The molecule has 1 saturated carbocycles. The van der Waals surface area contributed by atoms with E-state index in [1.54, 1.807) is 39.7 Å². The second kappa shape index (κ2) is 9.43. The van der Waals surface area contributed by atoms with Gasteiger partial charge in [-0.3, -0.25) is 0 Å². The molecule has 10 nitrogen and oxygen atoms in total. The van der Waals surface area contributed by atoms with Crippen LogP contribution in [0.5, 0.6) is 5.88 Å². The second-order valence-corrected chi connectivity index (χ2v) is 9.83. The Bertz CT molecular complexity index is 960. The van der Waals surface area contributed by atoms with Crippen molar-refractivity contribution in [2.45, 2.75) is 31.7 Å². The number of nitrogens with one attached hydrogen (secondary N) is 2. The number of aromatic nitrogens is 3. The fraction of sp³-hybridized carbons (Fsp3) is 0.526. The van der Waals surface area contributed by atoms with Crippen LogP contribution < -0.4 is 21.1 Å². The number of anilines is 4. The molecule has 4 N–H and O–H groups in total. The van der Waals surface area contributed by atoms with Crippen LogP contribution in [0.25, 0.3) is 0 Å². The number of nitrogens with two attached hydrogens (primary N) is 1. The van der Waals surface area contributed by atoms with Gasteiger partial charge in [0.1, 0.15) is 5.69 Å². The molecule has 1 aliphatic carbocycles. The third-order valence-corrected chi connectivity index (χ3v) is 7.22. The monoisotopic (exact) mass is 435 g/mol. The van der Waals surface area contributed by atoms with Crippen molar-refractivity contribution in [2.24, 2.45) is 5.92 Å². The fourth-order valence-corrected chi connectivity index (χ4v) is 4.68. The number of ether oxygens (including phenoxy) is 1. The molecule has 0 radical (unpaired) electrons. The van der Waals surface area contributed by atoms with Gasteiger partial charge in [0, 0.05) is 26.3 Å². The predicted octanol–water partition coefficient (Wildman–Crippen LogP) is 2.07. The molecule has 1 aliphatic rings. The molecule has 0 unspecified atom stereocenters. The molecular weight excluding hydrogens is 406 g/mol. The summed E-state index contributed by atoms with van der Waals surface area (Å²) in [5.41, 5.74) is 7.17. The van der Waals surface area contributed by atoms with Crippen molar-refractivity contribution in [3.05, 3.63) is 24.5 Å². The Morgan fingerprint density at radius 1 is 1.23 bits per heavy atom. The minimum Gasteiger partial charge on any atom is -0.480 e. The van der Waals surface area contributed by atoms with Crippen molar-refractivity contribution < 1.29 is 13.2 Å². The van der Waals surface area contributed by atoms with E-state index < -0.39 is 10.0 Å². The first-order chi connectivity index (χ1) is 14.3. The average Bonchev–Trinajstić information content (AvgIpc) is 2.72. The van der Waals surface area contributed by atoms with E-state index in [2.05, 4.69) is 25.6 Å². The lowest BCUT2D eigenvalue weighted by atomic mass is 9.87. The van der Waals surface area contributed by atoms with E-state index in [4.69, 9.17) is 10.5 Å². The molecule has 0 saturated heterocycles. The highest BCUT2D eigenvalue weighted by molar-refractivity contribution is 7.89. The van der Waals surface area contributed by atoms with Crippen LogP contribution in [0.15, 0.2) is 24.5 Å². The van der Waals surface area contributed by atoms with Crippen molar-refractivity contribution in [1.29, 1.82) is 0 Å². The van der Waals surface area contributed by atoms with Crippen molar-refractivity contribution in [3.63, 3.8) is 0 Å². The third kappa shape index (κ3) is 5.48. The summed E-state index contributed by atoms with van der Waals surface area (Å²) in [6.45, 7) is 0. The van der Waals surface area contributed by atoms with Crippen LogP contribution >= 0.6 is 0 Å². The number of hydrogen-bond acceptors (Lipinski definition) is 9. The molecule has 0 aromatic carbocycles. The molecule has 11 heteroatoms. The van der Waals surface area contributed by atoms with Crippen LogP contribution in [-0.4, -0.2) is 60.7 Å². The summed E-state index contributed by atoms with van der Waals surface area (Å²) in [4.78, 5) is 12.9. The Labute approximate surface area is 177 Å². The van der Waals surface area contributed by atoms with Gasteiger partial charge in [0.15, 0.2) is 5.82 Å². The first-order valence-corrected chi connectivity index (χ1v) is 11.4. The summed E-state index contributed by atoms with van der Waals surface area (Å²) in [5.74, 6) is 1.75. The zero-order chi connectivity index (χ0) is 21.7. The molecule has 0 spiro atoms. The molecule has 2 aromatic rings. The topological polar surface area (TPSA) is 135 Å². The first-order valence-electron chi connectivity index (χ1n) is 9.83. The quantitative estimate of drug-likeness (QED) is 0.569. The van der Waals surface area contributed by atoms with E-state index in [1.165, 1.54) is 4.31 Å². The summed E-state index contributed by atoms with van der Waals surface area (Å²) in [7, 11) is 1.53. The SMILES string of the molecule is COc1ncccc1Nc1ncc(N)c(NC2CCC(CS(=O)(=O)N(C)C)CC2)n1. The maximum Gasteiger partial charge on any atom is 0.237 e. The Balaban J connectivity index is 1.62. The second-order valence-electron chi connectivity index (χ2n) is 7.61. The van der Waals surface area contributed by atoms with E-state index >= 15 is 0 Å². The lowest BCUT2D eigenvalue weighted by molar-refractivity contribution is 0.357. The Kier molecular flexibility index (Phi) is 6.93.